The number of pyridine rings is 1. The van der Waals surface area contributed by atoms with E-state index in [2.05, 4.69) is 25.0 Å². The van der Waals surface area contributed by atoms with Gasteiger partial charge in [0.1, 0.15) is 17.8 Å². The smallest absolute Gasteiger partial charge is 0.242 e. The molecule has 0 amide bonds. The van der Waals surface area contributed by atoms with Gasteiger partial charge in [0.15, 0.2) is 17.3 Å². The highest BCUT2D eigenvalue weighted by molar-refractivity contribution is 5.52. The predicted octanol–water partition coefficient (Wildman–Crippen LogP) is 2.69. The van der Waals surface area contributed by atoms with Crippen LogP contribution in [0.1, 0.15) is 17.1 Å². The van der Waals surface area contributed by atoms with Crippen molar-refractivity contribution in [3.8, 4) is 11.5 Å². The van der Waals surface area contributed by atoms with Crippen molar-refractivity contribution in [3.63, 3.8) is 0 Å². The Morgan fingerprint density at radius 3 is 2.78 bits per heavy atom. The first kappa shape index (κ1) is 17.1. The predicted molar refractivity (Wildman–Crippen MR) is 89.7 cm³/mol. The van der Waals surface area contributed by atoms with Gasteiger partial charge in [0.2, 0.25) is 6.43 Å². The van der Waals surface area contributed by atoms with E-state index in [4.69, 9.17) is 0 Å². The first-order valence-electron chi connectivity index (χ1n) is 8.13. The molecule has 0 fully saturated rings. The number of hydrogen-bond acceptors (Lipinski definition) is 5. The lowest BCUT2D eigenvalue weighted by molar-refractivity contribution is 0.149. The van der Waals surface area contributed by atoms with Gasteiger partial charge in [0, 0.05) is 30.6 Å². The highest BCUT2D eigenvalue weighted by atomic mass is 19.3. The SMILES string of the molecule is Cc1nc2c(CC(F)F)c(Cn3ccnc3-c3ncccc3F)ncn2n1. The van der Waals surface area contributed by atoms with Crippen molar-refractivity contribution < 1.29 is 13.2 Å². The summed E-state index contributed by atoms with van der Waals surface area (Å²) in [6, 6.07) is 2.77. The van der Waals surface area contributed by atoms with Gasteiger partial charge in [-0.3, -0.25) is 0 Å². The molecule has 10 heteroatoms. The highest BCUT2D eigenvalue weighted by Gasteiger charge is 2.19. The van der Waals surface area contributed by atoms with E-state index in [1.54, 1.807) is 17.7 Å². The topological polar surface area (TPSA) is 73.8 Å². The lowest BCUT2D eigenvalue weighted by Gasteiger charge is -2.12. The van der Waals surface area contributed by atoms with Crippen LogP contribution in [0.4, 0.5) is 13.2 Å². The number of rotatable bonds is 5. The van der Waals surface area contributed by atoms with Crippen LogP contribution >= 0.6 is 0 Å². The Morgan fingerprint density at radius 2 is 2.00 bits per heavy atom. The number of halogens is 3. The van der Waals surface area contributed by atoms with Crippen LogP contribution in [0.2, 0.25) is 0 Å². The van der Waals surface area contributed by atoms with Crippen LogP contribution in [0.3, 0.4) is 0 Å². The average molecular weight is 373 g/mol. The van der Waals surface area contributed by atoms with Gasteiger partial charge in [-0.25, -0.2) is 37.6 Å². The average Bonchev–Trinajstić information content (AvgIpc) is 3.23. The molecule has 138 valence electrons. The highest BCUT2D eigenvalue weighted by Crippen LogP contribution is 2.22. The standard InChI is InChI=1S/C17H14F3N7/c1-10-24-16-11(7-14(19)20)13(23-9-27(16)25-10)8-26-6-5-22-17(26)15-12(18)3-2-4-21-15/h2-6,9,14H,7-8H2,1H3. The third-order valence-electron chi connectivity index (χ3n) is 4.04. The quantitative estimate of drug-likeness (QED) is 0.538. The van der Waals surface area contributed by atoms with Gasteiger partial charge in [0.25, 0.3) is 0 Å². The minimum Gasteiger partial charge on any atom is -0.324 e. The maximum Gasteiger partial charge on any atom is 0.242 e. The minimum atomic E-state index is -2.57. The van der Waals surface area contributed by atoms with Gasteiger partial charge in [-0.1, -0.05) is 0 Å². The van der Waals surface area contributed by atoms with Crippen molar-refractivity contribution in [2.75, 3.05) is 0 Å². The van der Waals surface area contributed by atoms with Gasteiger partial charge in [-0.15, -0.1) is 0 Å². The molecule has 4 aromatic heterocycles. The summed E-state index contributed by atoms with van der Waals surface area (Å²) < 4.78 is 43.4. The summed E-state index contributed by atoms with van der Waals surface area (Å²) in [7, 11) is 0. The lowest BCUT2D eigenvalue weighted by Crippen LogP contribution is -2.12. The van der Waals surface area contributed by atoms with Crippen molar-refractivity contribution in [3.05, 3.63) is 59.9 Å². The van der Waals surface area contributed by atoms with Gasteiger partial charge in [-0.05, 0) is 19.1 Å². The summed E-state index contributed by atoms with van der Waals surface area (Å²) in [4.78, 5) is 16.7. The zero-order valence-electron chi connectivity index (χ0n) is 14.2. The summed E-state index contributed by atoms with van der Waals surface area (Å²) >= 11 is 0. The van der Waals surface area contributed by atoms with E-state index in [0.29, 0.717) is 22.7 Å². The third kappa shape index (κ3) is 3.25. The van der Waals surface area contributed by atoms with E-state index >= 15 is 0 Å². The van der Waals surface area contributed by atoms with E-state index in [9.17, 15) is 13.2 Å². The Bertz CT molecular complexity index is 1100. The van der Waals surface area contributed by atoms with Crippen molar-refractivity contribution in [1.82, 2.24) is 34.1 Å². The largest absolute Gasteiger partial charge is 0.324 e. The molecular formula is C17H14F3N7. The van der Waals surface area contributed by atoms with Gasteiger partial charge < -0.3 is 4.57 Å². The van der Waals surface area contributed by atoms with Gasteiger partial charge in [-0.2, -0.15) is 5.10 Å². The van der Waals surface area contributed by atoms with Crippen LogP contribution in [0.25, 0.3) is 17.2 Å². The molecule has 4 aromatic rings. The molecule has 0 radical (unpaired) electrons. The zero-order valence-corrected chi connectivity index (χ0v) is 14.2. The Balaban J connectivity index is 1.79. The van der Waals surface area contributed by atoms with Crippen molar-refractivity contribution in [2.45, 2.75) is 26.3 Å². The van der Waals surface area contributed by atoms with E-state index in [1.165, 1.54) is 35.4 Å². The van der Waals surface area contributed by atoms with E-state index in [-0.39, 0.29) is 18.1 Å². The molecular weight excluding hydrogens is 359 g/mol. The van der Waals surface area contributed by atoms with Crippen LogP contribution in [0, 0.1) is 12.7 Å². The molecule has 0 aromatic carbocycles. The lowest BCUT2D eigenvalue weighted by atomic mass is 10.1. The molecule has 0 atom stereocenters. The van der Waals surface area contributed by atoms with Crippen LogP contribution in [0.5, 0.6) is 0 Å². The zero-order chi connectivity index (χ0) is 19.0. The van der Waals surface area contributed by atoms with Crippen LogP contribution in [-0.4, -0.2) is 40.5 Å². The number of aryl methyl sites for hydroxylation is 1. The first-order chi connectivity index (χ1) is 13.0. The molecule has 0 spiro atoms. The second-order valence-electron chi connectivity index (χ2n) is 5.90. The molecule has 0 aliphatic heterocycles. The summed E-state index contributed by atoms with van der Waals surface area (Å²) in [5.41, 5.74) is 1.11. The van der Waals surface area contributed by atoms with Crippen molar-refractivity contribution >= 4 is 5.65 Å². The number of aromatic nitrogens is 7. The fourth-order valence-corrected chi connectivity index (χ4v) is 2.91. The van der Waals surface area contributed by atoms with E-state index < -0.39 is 18.7 Å². The van der Waals surface area contributed by atoms with Crippen molar-refractivity contribution in [2.24, 2.45) is 0 Å². The molecule has 0 saturated carbocycles. The van der Waals surface area contributed by atoms with E-state index in [0.717, 1.165) is 0 Å². The number of fused-ring (bicyclic) bond motifs is 1. The van der Waals surface area contributed by atoms with Gasteiger partial charge >= 0.3 is 0 Å². The monoisotopic (exact) mass is 373 g/mol. The fraction of sp³-hybridized carbons (Fsp3) is 0.235. The van der Waals surface area contributed by atoms with Crippen LogP contribution < -0.4 is 0 Å². The maximum atomic E-state index is 14.1. The molecule has 0 bridgehead atoms. The molecule has 0 aliphatic rings. The third-order valence-corrected chi connectivity index (χ3v) is 4.04. The fourth-order valence-electron chi connectivity index (χ4n) is 2.91. The summed E-state index contributed by atoms with van der Waals surface area (Å²) in [5, 5.41) is 4.12. The normalized spacial score (nSPS) is 11.6. The molecule has 0 unspecified atom stereocenters. The van der Waals surface area contributed by atoms with Crippen LogP contribution in [0.15, 0.2) is 37.1 Å². The van der Waals surface area contributed by atoms with Crippen LogP contribution in [-0.2, 0) is 13.0 Å². The molecule has 0 N–H and O–H groups in total. The van der Waals surface area contributed by atoms with Crippen molar-refractivity contribution in [1.29, 1.82) is 0 Å². The molecule has 0 aliphatic carbocycles. The molecule has 0 saturated heterocycles. The number of alkyl halides is 2. The Hall–Kier alpha value is -3.30. The number of nitrogens with zero attached hydrogens (tertiary/aromatic N) is 7. The number of imidazole rings is 1. The summed E-state index contributed by atoms with van der Waals surface area (Å²) in [6.45, 7) is 1.80. The number of hydrogen-bond donors (Lipinski definition) is 0. The second-order valence-corrected chi connectivity index (χ2v) is 5.90. The Morgan fingerprint density at radius 1 is 1.15 bits per heavy atom. The second kappa shape index (κ2) is 6.78. The van der Waals surface area contributed by atoms with E-state index in [1.807, 2.05) is 0 Å². The Labute approximate surface area is 151 Å². The van der Waals surface area contributed by atoms with Gasteiger partial charge in [0.05, 0.1) is 12.2 Å². The molecule has 4 rings (SSSR count). The Kier molecular flexibility index (Phi) is 4.30. The summed E-state index contributed by atoms with van der Waals surface area (Å²) in [6.07, 6.45) is 2.93. The molecule has 7 nitrogen and oxygen atoms in total. The maximum absolute atomic E-state index is 14.1. The first-order valence-corrected chi connectivity index (χ1v) is 8.13. The minimum absolute atomic E-state index is 0.0808. The molecule has 4 heterocycles. The molecule has 27 heavy (non-hydrogen) atoms. The summed E-state index contributed by atoms with van der Waals surface area (Å²) in [5.74, 6) is 0.230.